The standard InChI is InChI=1S/C22H18/c1-17-14-18(2)16-19(15-17)8-3-4-9-20-11-7-12-21-10-5-6-13-22(20)21/h4-7,9-16H,1-2H3. The van der Waals surface area contributed by atoms with Crippen LogP contribution in [0.4, 0.5) is 0 Å². The van der Waals surface area contributed by atoms with Crippen molar-refractivity contribution in [3.63, 3.8) is 0 Å². The zero-order chi connectivity index (χ0) is 15.4. The van der Waals surface area contributed by atoms with Crippen molar-refractivity contribution in [3.8, 4) is 11.8 Å². The number of hydrogen-bond donors (Lipinski definition) is 0. The van der Waals surface area contributed by atoms with Gasteiger partial charge < -0.3 is 0 Å². The monoisotopic (exact) mass is 282 g/mol. The molecule has 22 heavy (non-hydrogen) atoms. The quantitative estimate of drug-likeness (QED) is 0.515. The first-order valence-electron chi connectivity index (χ1n) is 7.46. The molecular weight excluding hydrogens is 264 g/mol. The van der Waals surface area contributed by atoms with Crippen LogP contribution in [-0.4, -0.2) is 0 Å². The lowest BCUT2D eigenvalue weighted by Crippen LogP contribution is -1.80. The van der Waals surface area contributed by atoms with Gasteiger partial charge in [-0.25, -0.2) is 0 Å². The van der Waals surface area contributed by atoms with E-state index in [1.54, 1.807) is 0 Å². The molecule has 0 amide bonds. The fourth-order valence-corrected chi connectivity index (χ4v) is 2.70. The highest BCUT2D eigenvalue weighted by atomic mass is 14.0. The van der Waals surface area contributed by atoms with Crippen LogP contribution in [0.2, 0.25) is 0 Å². The first-order chi connectivity index (χ1) is 10.7. The summed E-state index contributed by atoms with van der Waals surface area (Å²) >= 11 is 0. The molecule has 3 rings (SSSR count). The third kappa shape index (κ3) is 3.27. The second-order valence-corrected chi connectivity index (χ2v) is 5.55. The van der Waals surface area contributed by atoms with Crippen molar-refractivity contribution in [2.75, 3.05) is 0 Å². The molecular formula is C22H18. The Morgan fingerprint density at radius 3 is 2.36 bits per heavy atom. The fraction of sp³-hybridized carbons (Fsp3) is 0.0909. The molecule has 0 nitrogen and oxygen atoms in total. The van der Waals surface area contributed by atoms with Crippen molar-refractivity contribution < 1.29 is 0 Å². The van der Waals surface area contributed by atoms with Gasteiger partial charge in [0, 0.05) is 5.56 Å². The number of benzene rings is 3. The van der Waals surface area contributed by atoms with Crippen molar-refractivity contribution in [1.29, 1.82) is 0 Å². The summed E-state index contributed by atoms with van der Waals surface area (Å²) in [5, 5.41) is 2.52. The van der Waals surface area contributed by atoms with Crippen molar-refractivity contribution in [2.24, 2.45) is 0 Å². The summed E-state index contributed by atoms with van der Waals surface area (Å²) in [5.74, 6) is 6.35. The van der Waals surface area contributed by atoms with Gasteiger partial charge in [-0.1, -0.05) is 60.4 Å². The maximum Gasteiger partial charge on any atom is 0.0254 e. The average molecular weight is 282 g/mol. The van der Waals surface area contributed by atoms with Gasteiger partial charge in [0.05, 0.1) is 0 Å². The molecule has 0 aliphatic carbocycles. The normalized spacial score (nSPS) is 10.6. The number of hydrogen-bond acceptors (Lipinski definition) is 0. The van der Waals surface area contributed by atoms with Gasteiger partial charge in [-0.05, 0) is 65.6 Å². The summed E-state index contributed by atoms with van der Waals surface area (Å²) in [7, 11) is 0. The lowest BCUT2D eigenvalue weighted by atomic mass is 10.0. The minimum atomic E-state index is 1.07. The van der Waals surface area contributed by atoms with Crippen molar-refractivity contribution in [3.05, 3.63) is 89.0 Å². The van der Waals surface area contributed by atoms with Gasteiger partial charge in [-0.3, -0.25) is 0 Å². The van der Waals surface area contributed by atoms with E-state index in [9.17, 15) is 0 Å². The maximum atomic E-state index is 3.21. The van der Waals surface area contributed by atoms with Crippen LogP contribution in [0, 0.1) is 25.7 Å². The largest absolute Gasteiger partial charge is 0.0696 e. The Balaban J connectivity index is 1.87. The molecule has 0 N–H and O–H groups in total. The molecule has 0 bridgehead atoms. The van der Waals surface area contributed by atoms with Crippen molar-refractivity contribution >= 4 is 16.8 Å². The summed E-state index contributed by atoms with van der Waals surface area (Å²) in [5.41, 5.74) is 4.78. The van der Waals surface area contributed by atoms with Crippen LogP contribution >= 0.6 is 0 Å². The van der Waals surface area contributed by atoms with Gasteiger partial charge in [0.25, 0.3) is 0 Å². The van der Waals surface area contributed by atoms with E-state index in [0.717, 1.165) is 5.56 Å². The van der Waals surface area contributed by atoms with Gasteiger partial charge in [-0.15, -0.1) is 0 Å². The van der Waals surface area contributed by atoms with Crippen LogP contribution in [0.3, 0.4) is 0 Å². The second kappa shape index (κ2) is 6.33. The van der Waals surface area contributed by atoms with Crippen LogP contribution in [0.5, 0.6) is 0 Å². The van der Waals surface area contributed by atoms with Crippen LogP contribution in [-0.2, 0) is 0 Å². The van der Waals surface area contributed by atoms with Gasteiger partial charge in [0.2, 0.25) is 0 Å². The van der Waals surface area contributed by atoms with Crippen LogP contribution < -0.4 is 0 Å². The number of fused-ring (bicyclic) bond motifs is 1. The molecule has 0 aliphatic rings. The third-order valence-corrected chi connectivity index (χ3v) is 3.61. The molecule has 0 unspecified atom stereocenters. The van der Waals surface area contributed by atoms with Crippen LogP contribution in [0.1, 0.15) is 22.3 Å². The summed E-state index contributed by atoms with van der Waals surface area (Å²) in [6, 6.07) is 21.1. The molecule has 0 heterocycles. The third-order valence-electron chi connectivity index (χ3n) is 3.61. The van der Waals surface area contributed by atoms with Gasteiger partial charge in [0.1, 0.15) is 0 Å². The molecule has 0 heteroatoms. The highest BCUT2D eigenvalue weighted by Crippen LogP contribution is 2.19. The Morgan fingerprint density at radius 2 is 1.55 bits per heavy atom. The molecule has 0 aromatic heterocycles. The Labute approximate surface area is 132 Å². The van der Waals surface area contributed by atoms with E-state index >= 15 is 0 Å². The number of rotatable bonds is 1. The zero-order valence-corrected chi connectivity index (χ0v) is 12.9. The molecule has 0 fully saturated rings. The zero-order valence-electron chi connectivity index (χ0n) is 12.9. The Morgan fingerprint density at radius 1 is 0.818 bits per heavy atom. The van der Waals surface area contributed by atoms with E-state index in [0.29, 0.717) is 0 Å². The molecule has 0 radical (unpaired) electrons. The van der Waals surface area contributed by atoms with E-state index in [1.807, 2.05) is 6.08 Å². The molecule has 106 valence electrons. The predicted octanol–water partition coefficient (Wildman–Crippen LogP) is 5.52. The second-order valence-electron chi connectivity index (χ2n) is 5.55. The average Bonchev–Trinajstić information content (AvgIpc) is 2.51. The molecule has 0 saturated heterocycles. The maximum absolute atomic E-state index is 3.21. The molecule has 0 saturated carbocycles. The molecule has 0 aliphatic heterocycles. The van der Waals surface area contributed by atoms with Crippen molar-refractivity contribution in [2.45, 2.75) is 13.8 Å². The number of allylic oxidation sites excluding steroid dienone is 1. The van der Waals surface area contributed by atoms with E-state index < -0.39 is 0 Å². The van der Waals surface area contributed by atoms with E-state index in [4.69, 9.17) is 0 Å². The van der Waals surface area contributed by atoms with Gasteiger partial charge in [0.15, 0.2) is 0 Å². The summed E-state index contributed by atoms with van der Waals surface area (Å²) in [4.78, 5) is 0. The Hall–Kier alpha value is -2.78. The smallest absolute Gasteiger partial charge is 0.0254 e. The lowest BCUT2D eigenvalue weighted by Gasteiger charge is -2.00. The topological polar surface area (TPSA) is 0 Å². The first kappa shape index (κ1) is 14.2. The Bertz CT molecular complexity index is 876. The van der Waals surface area contributed by atoms with E-state index in [2.05, 4.69) is 92.4 Å². The predicted molar refractivity (Wildman–Crippen MR) is 95.8 cm³/mol. The Kier molecular flexibility index (Phi) is 4.08. The van der Waals surface area contributed by atoms with Crippen molar-refractivity contribution in [1.82, 2.24) is 0 Å². The molecule has 3 aromatic rings. The van der Waals surface area contributed by atoms with Gasteiger partial charge in [-0.2, -0.15) is 0 Å². The minimum Gasteiger partial charge on any atom is -0.0696 e. The van der Waals surface area contributed by atoms with E-state index in [1.165, 1.54) is 27.5 Å². The van der Waals surface area contributed by atoms with Crippen LogP contribution in [0.25, 0.3) is 16.8 Å². The fourth-order valence-electron chi connectivity index (χ4n) is 2.70. The lowest BCUT2D eigenvalue weighted by molar-refractivity contribution is 1.37. The molecule has 0 atom stereocenters. The highest BCUT2D eigenvalue weighted by Gasteiger charge is 1.95. The summed E-state index contributed by atoms with van der Waals surface area (Å²) in [6.45, 7) is 4.20. The molecule has 0 spiro atoms. The number of aryl methyl sites for hydroxylation is 2. The SMILES string of the molecule is Cc1cc(C)cc(C#CC=Cc2cccc3ccccc23)c1. The summed E-state index contributed by atoms with van der Waals surface area (Å²) in [6.07, 6.45) is 4.01. The minimum absolute atomic E-state index is 1.07. The summed E-state index contributed by atoms with van der Waals surface area (Å²) < 4.78 is 0. The first-order valence-corrected chi connectivity index (χ1v) is 7.46. The van der Waals surface area contributed by atoms with Gasteiger partial charge >= 0.3 is 0 Å². The molecule has 3 aromatic carbocycles. The van der Waals surface area contributed by atoms with E-state index in [-0.39, 0.29) is 0 Å². The van der Waals surface area contributed by atoms with Crippen LogP contribution in [0.15, 0.2) is 66.7 Å². The highest BCUT2D eigenvalue weighted by molar-refractivity contribution is 5.90.